The van der Waals surface area contributed by atoms with Gasteiger partial charge in [0, 0.05) is 50.7 Å². The second-order valence-electron chi connectivity index (χ2n) is 10.7. The van der Waals surface area contributed by atoms with Crippen LogP contribution in [-0.2, 0) is 23.0 Å². The number of nitrogens with one attached hydrogen (secondary N) is 1. The van der Waals surface area contributed by atoms with Gasteiger partial charge in [-0.25, -0.2) is 8.42 Å². The predicted molar refractivity (Wildman–Crippen MR) is 148 cm³/mol. The number of hydrogen-bond acceptors (Lipinski definition) is 6. The largest absolute Gasteiger partial charge is 0.345 e. The molecular formula is C27H38N4O4S2. The van der Waals surface area contributed by atoms with E-state index in [-0.39, 0.29) is 16.7 Å². The van der Waals surface area contributed by atoms with Crippen LogP contribution >= 0.6 is 11.3 Å². The molecule has 37 heavy (non-hydrogen) atoms. The lowest BCUT2D eigenvalue weighted by atomic mass is 9.94. The predicted octanol–water partition coefficient (Wildman–Crippen LogP) is 4.14. The Balaban J connectivity index is 1.55. The van der Waals surface area contributed by atoms with Crippen LogP contribution in [0.5, 0.6) is 0 Å². The number of hydrogen-bond donors (Lipinski definition) is 1. The molecule has 3 heterocycles. The van der Waals surface area contributed by atoms with Crippen LogP contribution in [-0.4, -0.2) is 74.6 Å². The Kier molecular flexibility index (Phi) is 8.42. The Morgan fingerprint density at radius 2 is 1.76 bits per heavy atom. The number of fused-ring (bicyclic) bond motifs is 1. The first-order valence-corrected chi connectivity index (χ1v) is 15.3. The highest BCUT2D eigenvalue weighted by Gasteiger charge is 2.32. The Morgan fingerprint density at radius 1 is 1.11 bits per heavy atom. The number of thiophene rings is 1. The smallest absolute Gasteiger partial charge is 0.256 e. The van der Waals surface area contributed by atoms with Gasteiger partial charge in [-0.1, -0.05) is 20.8 Å². The van der Waals surface area contributed by atoms with Gasteiger partial charge in [-0.05, 0) is 67.5 Å². The lowest BCUT2D eigenvalue weighted by Gasteiger charge is -2.34. The van der Waals surface area contributed by atoms with Crippen LogP contribution in [0.15, 0.2) is 29.2 Å². The van der Waals surface area contributed by atoms with E-state index in [9.17, 15) is 18.0 Å². The van der Waals surface area contributed by atoms with Crippen molar-refractivity contribution in [2.24, 2.45) is 11.8 Å². The molecule has 8 nitrogen and oxygen atoms in total. The zero-order chi connectivity index (χ0) is 26.9. The molecule has 2 aromatic rings. The average Bonchev–Trinajstić information content (AvgIpc) is 3.20. The monoisotopic (exact) mass is 546 g/mol. The standard InChI is InChI=1S/C27H38N4O4S2/c1-6-12-30-13-11-22-23(17-30)36-26(24(22)27(33)29(4)5)28-25(32)20-7-9-21(10-8-20)37(34,35)31-15-18(2)14-19(3)16-31/h7-10,18-19H,6,11-17H2,1-5H3,(H,28,32). The third-order valence-electron chi connectivity index (χ3n) is 7.11. The summed E-state index contributed by atoms with van der Waals surface area (Å²) < 4.78 is 28.0. The number of carbonyl (C=O) groups is 2. The Hall–Kier alpha value is -2.27. The first-order valence-electron chi connectivity index (χ1n) is 13.0. The molecule has 2 aliphatic rings. The zero-order valence-corrected chi connectivity index (χ0v) is 24.0. The fourth-order valence-electron chi connectivity index (χ4n) is 5.41. The molecule has 2 aliphatic heterocycles. The fraction of sp³-hybridized carbons (Fsp3) is 0.556. The molecule has 0 spiro atoms. The van der Waals surface area contributed by atoms with Gasteiger partial charge in [-0.3, -0.25) is 14.5 Å². The van der Waals surface area contributed by atoms with Gasteiger partial charge in [0.15, 0.2) is 0 Å². The summed E-state index contributed by atoms with van der Waals surface area (Å²) in [4.78, 5) is 31.5. The lowest BCUT2D eigenvalue weighted by Crippen LogP contribution is -2.42. The fourth-order valence-corrected chi connectivity index (χ4v) is 8.36. The van der Waals surface area contributed by atoms with Crippen LogP contribution < -0.4 is 5.32 Å². The van der Waals surface area contributed by atoms with Crippen LogP contribution in [0.1, 0.15) is 64.8 Å². The molecule has 0 saturated carbocycles. The van der Waals surface area contributed by atoms with E-state index in [1.165, 1.54) is 23.5 Å². The molecule has 202 valence electrons. The first kappa shape index (κ1) is 27.8. The minimum absolute atomic E-state index is 0.122. The lowest BCUT2D eigenvalue weighted by molar-refractivity contribution is 0.0827. The van der Waals surface area contributed by atoms with Crippen LogP contribution in [0.2, 0.25) is 0 Å². The Morgan fingerprint density at radius 3 is 2.35 bits per heavy atom. The minimum atomic E-state index is -3.62. The van der Waals surface area contributed by atoms with Crippen molar-refractivity contribution >= 4 is 38.2 Å². The number of nitrogens with zero attached hydrogens (tertiary/aromatic N) is 3. The third-order valence-corrected chi connectivity index (χ3v) is 10.1. The van der Waals surface area contributed by atoms with Gasteiger partial charge in [0.1, 0.15) is 5.00 Å². The summed E-state index contributed by atoms with van der Waals surface area (Å²) in [6.07, 6.45) is 2.86. The van der Waals surface area contributed by atoms with E-state index in [0.717, 1.165) is 49.3 Å². The number of anilines is 1. The SMILES string of the molecule is CCCN1CCc2c(sc(NC(=O)c3ccc(S(=O)(=O)N4CC(C)CC(C)C4)cc3)c2C(=O)N(C)C)C1. The average molecular weight is 547 g/mol. The molecule has 1 aromatic heterocycles. The molecule has 1 fully saturated rings. The van der Waals surface area contributed by atoms with E-state index in [2.05, 4.69) is 31.0 Å². The second-order valence-corrected chi connectivity index (χ2v) is 13.7. The highest BCUT2D eigenvalue weighted by Crippen LogP contribution is 2.38. The molecular weight excluding hydrogens is 508 g/mol. The molecule has 4 rings (SSSR count). The quantitative estimate of drug-likeness (QED) is 0.564. The Bertz CT molecular complexity index is 1240. The van der Waals surface area contributed by atoms with Gasteiger partial charge < -0.3 is 10.2 Å². The van der Waals surface area contributed by atoms with Gasteiger partial charge in [-0.2, -0.15) is 4.31 Å². The van der Waals surface area contributed by atoms with Crippen LogP contribution in [0.25, 0.3) is 0 Å². The summed E-state index contributed by atoms with van der Waals surface area (Å²) in [5, 5.41) is 3.51. The summed E-state index contributed by atoms with van der Waals surface area (Å²) in [6.45, 7) is 9.99. The molecule has 0 radical (unpaired) electrons. The number of carbonyl (C=O) groups excluding carboxylic acids is 2. The summed E-state index contributed by atoms with van der Waals surface area (Å²) >= 11 is 1.46. The molecule has 2 amide bonds. The van der Waals surface area contributed by atoms with E-state index in [0.29, 0.717) is 41.1 Å². The van der Waals surface area contributed by atoms with Crippen LogP contribution in [0.4, 0.5) is 5.00 Å². The van der Waals surface area contributed by atoms with Crippen molar-refractivity contribution in [3.8, 4) is 0 Å². The number of piperidine rings is 1. The first-order chi connectivity index (χ1) is 17.5. The zero-order valence-electron chi connectivity index (χ0n) is 22.4. The van der Waals surface area contributed by atoms with Crippen molar-refractivity contribution in [2.75, 3.05) is 45.6 Å². The topological polar surface area (TPSA) is 90.0 Å². The van der Waals surface area contributed by atoms with Crippen molar-refractivity contribution in [1.82, 2.24) is 14.1 Å². The van der Waals surface area contributed by atoms with E-state index >= 15 is 0 Å². The highest BCUT2D eigenvalue weighted by molar-refractivity contribution is 7.89. The molecule has 1 aromatic carbocycles. The summed E-state index contributed by atoms with van der Waals surface area (Å²) in [7, 11) is -0.189. The summed E-state index contributed by atoms with van der Waals surface area (Å²) in [5.41, 5.74) is 1.95. The maximum Gasteiger partial charge on any atom is 0.256 e. The molecule has 0 aliphatic carbocycles. The number of amides is 2. The molecule has 1 saturated heterocycles. The molecule has 1 N–H and O–H groups in total. The van der Waals surface area contributed by atoms with E-state index in [4.69, 9.17) is 0 Å². The van der Waals surface area contributed by atoms with Crippen LogP contribution in [0, 0.1) is 11.8 Å². The Labute approximate surface area is 224 Å². The number of benzene rings is 1. The summed E-state index contributed by atoms with van der Waals surface area (Å²) in [6, 6.07) is 6.09. The number of rotatable bonds is 7. The van der Waals surface area contributed by atoms with Crippen molar-refractivity contribution in [1.29, 1.82) is 0 Å². The molecule has 2 unspecified atom stereocenters. The van der Waals surface area contributed by atoms with E-state index in [1.54, 1.807) is 35.4 Å². The van der Waals surface area contributed by atoms with Gasteiger partial charge >= 0.3 is 0 Å². The van der Waals surface area contributed by atoms with Gasteiger partial charge in [0.25, 0.3) is 11.8 Å². The highest BCUT2D eigenvalue weighted by atomic mass is 32.2. The minimum Gasteiger partial charge on any atom is -0.345 e. The third kappa shape index (κ3) is 5.92. The van der Waals surface area contributed by atoms with Crippen molar-refractivity contribution in [3.63, 3.8) is 0 Å². The summed E-state index contributed by atoms with van der Waals surface area (Å²) in [5.74, 6) is 0.144. The van der Waals surface area contributed by atoms with Crippen LogP contribution in [0.3, 0.4) is 0 Å². The van der Waals surface area contributed by atoms with Crippen molar-refractivity contribution in [2.45, 2.75) is 51.5 Å². The normalized spacial score (nSPS) is 20.9. The van der Waals surface area contributed by atoms with Gasteiger partial charge in [0.2, 0.25) is 10.0 Å². The molecule has 2 atom stereocenters. The maximum atomic E-state index is 13.2. The van der Waals surface area contributed by atoms with Gasteiger partial charge in [0.05, 0.1) is 10.5 Å². The van der Waals surface area contributed by atoms with Gasteiger partial charge in [-0.15, -0.1) is 11.3 Å². The molecule has 10 heteroatoms. The second kappa shape index (κ2) is 11.2. The van der Waals surface area contributed by atoms with E-state index < -0.39 is 10.0 Å². The molecule has 0 bridgehead atoms. The van der Waals surface area contributed by atoms with E-state index in [1.807, 2.05) is 0 Å². The van der Waals surface area contributed by atoms with Crippen molar-refractivity contribution < 1.29 is 18.0 Å². The maximum absolute atomic E-state index is 13.2. The number of sulfonamides is 1. The van der Waals surface area contributed by atoms with Crippen molar-refractivity contribution in [3.05, 3.63) is 45.8 Å².